The summed E-state index contributed by atoms with van der Waals surface area (Å²) >= 11 is 0. The Morgan fingerprint density at radius 3 is 2.59 bits per heavy atom. The third kappa shape index (κ3) is 3.39. The minimum Gasteiger partial charge on any atom is -0.366 e. The third-order valence-corrected chi connectivity index (χ3v) is 3.78. The molecule has 0 saturated heterocycles. The van der Waals surface area contributed by atoms with Gasteiger partial charge in [0, 0.05) is 24.7 Å². The Hall–Kier alpha value is -2.08. The van der Waals surface area contributed by atoms with Crippen LogP contribution in [-0.2, 0) is 12.7 Å². The summed E-state index contributed by atoms with van der Waals surface area (Å²) < 4.78 is 37.9. The van der Waals surface area contributed by atoms with Crippen molar-refractivity contribution in [1.82, 2.24) is 4.98 Å². The molecule has 1 aromatic heterocycles. The summed E-state index contributed by atoms with van der Waals surface area (Å²) in [5, 5.41) is 3.03. The largest absolute Gasteiger partial charge is 0.416 e. The van der Waals surface area contributed by atoms with Gasteiger partial charge in [-0.25, -0.2) is 4.98 Å². The Morgan fingerprint density at radius 1 is 1.23 bits per heavy atom. The van der Waals surface area contributed by atoms with E-state index in [0.29, 0.717) is 23.8 Å². The maximum atomic E-state index is 12.6. The Morgan fingerprint density at radius 2 is 2.00 bits per heavy atom. The molecule has 0 bridgehead atoms. The lowest BCUT2D eigenvalue weighted by atomic mass is 10.1. The molecular weight excluding hydrogens is 291 g/mol. The van der Waals surface area contributed by atoms with Gasteiger partial charge in [-0.1, -0.05) is 18.2 Å². The Bertz CT molecular complexity index is 652. The molecule has 0 unspecified atom stereocenters. The van der Waals surface area contributed by atoms with Crippen molar-refractivity contribution in [3.05, 3.63) is 59.3 Å². The van der Waals surface area contributed by atoms with Crippen molar-refractivity contribution >= 4 is 5.82 Å². The van der Waals surface area contributed by atoms with Crippen LogP contribution in [0.2, 0.25) is 0 Å². The number of nitrogens with one attached hydrogen (secondary N) is 1. The fourth-order valence-corrected chi connectivity index (χ4v) is 2.38. The Labute approximate surface area is 126 Å². The second-order valence-electron chi connectivity index (χ2n) is 5.53. The highest BCUT2D eigenvalue weighted by molar-refractivity contribution is 5.39. The number of aromatic nitrogens is 1. The van der Waals surface area contributed by atoms with Gasteiger partial charge in [0.15, 0.2) is 0 Å². The van der Waals surface area contributed by atoms with E-state index >= 15 is 0 Å². The van der Waals surface area contributed by atoms with E-state index in [1.165, 1.54) is 6.07 Å². The zero-order valence-corrected chi connectivity index (χ0v) is 11.8. The zero-order valence-electron chi connectivity index (χ0n) is 11.8. The molecule has 3 N–H and O–H groups in total. The standard InChI is InChI=1S/C16H16F3N3/c17-16(18,19)12-3-1-2-10(6-12)8-21-15-5-4-11(9-22-15)13-7-14(13)20/h1-6,9,13-14H,7-8,20H2,(H,21,22)/t13-,14+/m1/s1. The molecule has 1 saturated carbocycles. The molecule has 2 atom stereocenters. The summed E-state index contributed by atoms with van der Waals surface area (Å²) in [5.41, 5.74) is 6.81. The summed E-state index contributed by atoms with van der Waals surface area (Å²) in [6.45, 7) is 0.291. The number of anilines is 1. The summed E-state index contributed by atoms with van der Waals surface area (Å²) in [4.78, 5) is 4.27. The first-order chi connectivity index (χ1) is 10.4. The molecule has 1 aromatic carbocycles. The highest BCUT2D eigenvalue weighted by atomic mass is 19.4. The van der Waals surface area contributed by atoms with Gasteiger partial charge in [0.1, 0.15) is 5.82 Å². The normalized spacial score (nSPS) is 20.7. The Balaban J connectivity index is 1.62. The molecule has 1 aliphatic carbocycles. The molecule has 2 aromatic rings. The predicted molar refractivity (Wildman–Crippen MR) is 78.3 cm³/mol. The molecule has 0 amide bonds. The average molecular weight is 307 g/mol. The van der Waals surface area contributed by atoms with Crippen LogP contribution in [0.1, 0.15) is 29.0 Å². The van der Waals surface area contributed by atoms with Crippen LogP contribution in [0.5, 0.6) is 0 Å². The van der Waals surface area contributed by atoms with Crippen molar-refractivity contribution in [3.63, 3.8) is 0 Å². The lowest BCUT2D eigenvalue weighted by Gasteiger charge is -2.10. The number of alkyl halides is 3. The van der Waals surface area contributed by atoms with Crippen LogP contribution in [0.3, 0.4) is 0 Å². The van der Waals surface area contributed by atoms with Crippen molar-refractivity contribution < 1.29 is 13.2 Å². The van der Waals surface area contributed by atoms with Crippen molar-refractivity contribution in [3.8, 4) is 0 Å². The molecule has 0 aliphatic heterocycles. The van der Waals surface area contributed by atoms with E-state index in [9.17, 15) is 13.2 Å². The molecule has 6 heteroatoms. The van der Waals surface area contributed by atoms with Crippen molar-refractivity contribution in [1.29, 1.82) is 0 Å². The molecule has 1 aliphatic rings. The van der Waals surface area contributed by atoms with Gasteiger partial charge in [-0.2, -0.15) is 13.2 Å². The number of nitrogens with two attached hydrogens (primary N) is 1. The van der Waals surface area contributed by atoms with E-state index in [4.69, 9.17) is 5.73 Å². The van der Waals surface area contributed by atoms with Crippen molar-refractivity contribution in [2.24, 2.45) is 5.73 Å². The van der Waals surface area contributed by atoms with E-state index in [1.807, 2.05) is 12.1 Å². The van der Waals surface area contributed by atoms with Crippen molar-refractivity contribution in [2.75, 3.05) is 5.32 Å². The number of rotatable bonds is 4. The van der Waals surface area contributed by atoms with Crippen LogP contribution in [0.25, 0.3) is 0 Å². The van der Waals surface area contributed by atoms with E-state index in [-0.39, 0.29) is 6.04 Å². The van der Waals surface area contributed by atoms with Crippen LogP contribution in [0.15, 0.2) is 42.6 Å². The minimum absolute atomic E-state index is 0.228. The summed E-state index contributed by atoms with van der Waals surface area (Å²) in [5.74, 6) is 1.03. The lowest BCUT2D eigenvalue weighted by molar-refractivity contribution is -0.137. The van der Waals surface area contributed by atoms with Gasteiger partial charge < -0.3 is 11.1 Å². The predicted octanol–water partition coefficient (Wildman–Crippen LogP) is 3.53. The van der Waals surface area contributed by atoms with Gasteiger partial charge >= 0.3 is 6.18 Å². The SMILES string of the molecule is N[C@H]1C[C@@H]1c1ccc(NCc2cccc(C(F)(F)F)c2)nc1. The zero-order chi connectivity index (χ0) is 15.7. The summed E-state index contributed by atoms with van der Waals surface area (Å²) in [7, 11) is 0. The van der Waals surface area contributed by atoms with Gasteiger partial charge in [-0.05, 0) is 35.7 Å². The Kier molecular flexibility index (Phi) is 3.78. The maximum absolute atomic E-state index is 12.6. The van der Waals surface area contributed by atoms with E-state index in [0.717, 1.165) is 24.1 Å². The number of nitrogens with zero attached hydrogens (tertiary/aromatic N) is 1. The van der Waals surface area contributed by atoms with Crippen LogP contribution >= 0.6 is 0 Å². The first kappa shape index (κ1) is 14.8. The van der Waals surface area contributed by atoms with E-state index in [2.05, 4.69) is 10.3 Å². The fourth-order valence-electron chi connectivity index (χ4n) is 2.38. The number of benzene rings is 1. The number of hydrogen-bond acceptors (Lipinski definition) is 3. The summed E-state index contributed by atoms with van der Waals surface area (Å²) in [6.07, 6.45) is -1.57. The molecule has 3 nitrogen and oxygen atoms in total. The fraction of sp³-hybridized carbons (Fsp3) is 0.312. The van der Waals surface area contributed by atoms with Gasteiger partial charge in [0.05, 0.1) is 5.56 Å². The van der Waals surface area contributed by atoms with Crippen LogP contribution in [-0.4, -0.2) is 11.0 Å². The number of hydrogen-bond donors (Lipinski definition) is 2. The number of pyridine rings is 1. The molecular formula is C16H16F3N3. The topological polar surface area (TPSA) is 50.9 Å². The molecule has 0 radical (unpaired) electrons. The van der Waals surface area contributed by atoms with Gasteiger partial charge in [0.25, 0.3) is 0 Å². The molecule has 0 spiro atoms. The van der Waals surface area contributed by atoms with Crippen LogP contribution in [0, 0.1) is 0 Å². The van der Waals surface area contributed by atoms with Gasteiger partial charge in [0.2, 0.25) is 0 Å². The van der Waals surface area contributed by atoms with E-state index in [1.54, 1.807) is 12.3 Å². The van der Waals surface area contributed by atoms with E-state index < -0.39 is 11.7 Å². The molecule has 22 heavy (non-hydrogen) atoms. The number of halogens is 3. The van der Waals surface area contributed by atoms with Crippen LogP contribution < -0.4 is 11.1 Å². The quantitative estimate of drug-likeness (QED) is 0.908. The molecule has 1 heterocycles. The molecule has 1 fully saturated rings. The monoisotopic (exact) mass is 307 g/mol. The van der Waals surface area contributed by atoms with Crippen LogP contribution in [0.4, 0.5) is 19.0 Å². The third-order valence-electron chi connectivity index (χ3n) is 3.78. The smallest absolute Gasteiger partial charge is 0.366 e. The lowest BCUT2D eigenvalue weighted by Crippen LogP contribution is -2.07. The molecule has 116 valence electrons. The van der Waals surface area contributed by atoms with Crippen molar-refractivity contribution in [2.45, 2.75) is 31.1 Å². The highest BCUT2D eigenvalue weighted by Gasteiger charge is 2.34. The first-order valence-corrected chi connectivity index (χ1v) is 7.05. The van der Waals surface area contributed by atoms with Gasteiger partial charge in [-0.15, -0.1) is 0 Å². The first-order valence-electron chi connectivity index (χ1n) is 7.05. The second-order valence-corrected chi connectivity index (χ2v) is 5.53. The molecule has 3 rings (SSSR count). The maximum Gasteiger partial charge on any atom is 0.416 e. The van der Waals surface area contributed by atoms with Gasteiger partial charge in [-0.3, -0.25) is 0 Å². The second kappa shape index (κ2) is 5.61. The minimum atomic E-state index is -4.32. The summed E-state index contributed by atoms with van der Waals surface area (Å²) in [6, 6.07) is 9.28. The average Bonchev–Trinajstić information content (AvgIpc) is 3.22. The highest BCUT2D eigenvalue weighted by Crippen LogP contribution is 2.38.